The molecule has 2 aromatic heterocycles. The lowest BCUT2D eigenvalue weighted by Crippen LogP contribution is -2.41. The summed E-state index contributed by atoms with van der Waals surface area (Å²) >= 11 is 5.33. The molecule has 0 spiro atoms. The van der Waals surface area contributed by atoms with Crippen molar-refractivity contribution in [2.24, 2.45) is 5.73 Å². The maximum Gasteiger partial charge on any atom is 0.303 e. The lowest BCUT2D eigenvalue weighted by atomic mass is 10.1. The van der Waals surface area contributed by atoms with Gasteiger partial charge in [0.05, 0.1) is 19.0 Å². The fourth-order valence-electron chi connectivity index (χ4n) is 3.89. The molecule has 2 aromatic rings. The summed E-state index contributed by atoms with van der Waals surface area (Å²) in [5, 5.41) is 44.3. The van der Waals surface area contributed by atoms with Crippen molar-refractivity contribution in [1.29, 1.82) is 0 Å². The van der Waals surface area contributed by atoms with E-state index >= 15 is 0 Å². The monoisotopic (exact) mass is 527 g/mol. The summed E-state index contributed by atoms with van der Waals surface area (Å²) < 4.78 is 7.36. The molecule has 1 saturated heterocycles. The van der Waals surface area contributed by atoms with E-state index in [4.69, 9.17) is 27.8 Å². The van der Waals surface area contributed by atoms with Crippen LogP contribution in [0.5, 0.6) is 0 Å². The molecular weight excluding hydrogens is 494 g/mol. The van der Waals surface area contributed by atoms with E-state index in [1.807, 2.05) is 0 Å². The summed E-state index contributed by atoms with van der Waals surface area (Å²) in [6, 6.07) is -0.818. The van der Waals surface area contributed by atoms with E-state index in [0.29, 0.717) is 30.2 Å². The van der Waals surface area contributed by atoms with Crippen LogP contribution in [0.4, 0.5) is 5.95 Å². The zero-order chi connectivity index (χ0) is 26.2. The number of aliphatic carboxylic acids is 1. The van der Waals surface area contributed by atoms with E-state index in [1.54, 1.807) is 0 Å². The second kappa shape index (κ2) is 13.0. The first-order valence-electron chi connectivity index (χ1n) is 11.8. The fraction of sp³-hybridized carbons (Fsp3) is 0.667. The average molecular weight is 528 g/mol. The number of amides is 1. The number of nitrogens with two attached hydrogens (primary N) is 1. The number of aliphatic hydroxyl groups is 3. The van der Waals surface area contributed by atoms with Gasteiger partial charge in [-0.3, -0.25) is 14.2 Å². The molecule has 9 N–H and O–H groups in total. The molecule has 1 amide bonds. The Balaban J connectivity index is 1.43. The molecule has 1 aliphatic rings. The fourth-order valence-corrected chi connectivity index (χ4v) is 4.13. The van der Waals surface area contributed by atoms with Gasteiger partial charge in [-0.2, -0.15) is 0 Å². The van der Waals surface area contributed by atoms with Gasteiger partial charge < -0.3 is 46.5 Å². The van der Waals surface area contributed by atoms with Crippen molar-refractivity contribution in [2.45, 2.75) is 69.1 Å². The molecule has 3 unspecified atom stereocenters. The molecule has 36 heavy (non-hydrogen) atoms. The third kappa shape index (κ3) is 6.96. The van der Waals surface area contributed by atoms with Crippen molar-refractivity contribution in [2.75, 3.05) is 25.0 Å². The van der Waals surface area contributed by atoms with E-state index in [0.717, 1.165) is 25.7 Å². The lowest BCUT2D eigenvalue weighted by molar-refractivity contribution is -0.137. The minimum absolute atomic E-state index is 0.107. The second-order valence-corrected chi connectivity index (χ2v) is 9.03. The first-order chi connectivity index (χ1) is 17.2. The number of ether oxygens (including phenoxy) is 1. The second-order valence-electron chi connectivity index (χ2n) is 8.64. The molecule has 5 atom stereocenters. The molecule has 15 heteroatoms. The van der Waals surface area contributed by atoms with E-state index in [9.17, 15) is 24.9 Å². The number of imidazole rings is 1. The van der Waals surface area contributed by atoms with Crippen LogP contribution in [-0.2, 0) is 14.3 Å². The van der Waals surface area contributed by atoms with Gasteiger partial charge in [0.2, 0.25) is 11.9 Å². The summed E-state index contributed by atoms with van der Waals surface area (Å²) in [5.41, 5.74) is 6.54. The normalized spacial score (nSPS) is 22.6. The maximum absolute atomic E-state index is 11.8. The minimum atomic E-state index is -1.25. The smallest absolute Gasteiger partial charge is 0.303 e. The zero-order valence-electron chi connectivity index (χ0n) is 19.7. The van der Waals surface area contributed by atoms with Crippen molar-refractivity contribution in [3.8, 4) is 0 Å². The van der Waals surface area contributed by atoms with Crippen LogP contribution in [0.15, 0.2) is 6.33 Å². The van der Waals surface area contributed by atoms with Crippen LogP contribution in [0.1, 0.15) is 44.8 Å². The molecular formula is C21H33N7O7S. The Kier molecular flexibility index (Phi) is 10.1. The van der Waals surface area contributed by atoms with Crippen molar-refractivity contribution in [3.63, 3.8) is 0 Å². The third-order valence-electron chi connectivity index (χ3n) is 5.94. The molecule has 3 heterocycles. The molecule has 1 aliphatic heterocycles. The van der Waals surface area contributed by atoms with Crippen molar-refractivity contribution in [3.05, 3.63) is 11.0 Å². The lowest BCUT2D eigenvalue weighted by Gasteiger charge is -2.17. The molecule has 0 radical (unpaired) electrons. The Morgan fingerprint density at radius 1 is 1.22 bits per heavy atom. The Hall–Kier alpha value is -2.69. The molecule has 0 aromatic carbocycles. The van der Waals surface area contributed by atoms with Crippen molar-refractivity contribution < 1.29 is 34.8 Å². The summed E-state index contributed by atoms with van der Waals surface area (Å²) in [6.45, 7) is 0.653. The van der Waals surface area contributed by atoms with Gasteiger partial charge in [-0.25, -0.2) is 9.97 Å². The number of nitrogens with one attached hydrogen (secondary N) is 3. The molecule has 1 fully saturated rings. The Morgan fingerprint density at radius 2 is 1.94 bits per heavy atom. The number of carboxylic acid groups (broad SMARTS) is 1. The number of hydrogen-bond acceptors (Lipinski definition) is 11. The number of unbranched alkanes of at least 4 members (excludes halogenated alkanes) is 3. The number of carbonyl (C=O) groups excluding carboxylic acids is 1. The quantitative estimate of drug-likeness (QED) is 0.114. The zero-order valence-corrected chi connectivity index (χ0v) is 20.5. The van der Waals surface area contributed by atoms with Gasteiger partial charge in [0.25, 0.3) is 0 Å². The molecule has 0 saturated carbocycles. The molecule has 3 rings (SSSR count). The highest BCUT2D eigenvalue weighted by Gasteiger charge is 2.43. The summed E-state index contributed by atoms with van der Waals surface area (Å²) in [6.07, 6.45) is 0.439. The van der Waals surface area contributed by atoms with Crippen LogP contribution in [0, 0.1) is 4.64 Å². The van der Waals surface area contributed by atoms with Gasteiger partial charge in [-0.1, -0.05) is 25.1 Å². The highest BCUT2D eigenvalue weighted by molar-refractivity contribution is 7.71. The van der Waals surface area contributed by atoms with Crippen LogP contribution in [0.25, 0.3) is 11.2 Å². The molecule has 200 valence electrons. The third-order valence-corrected chi connectivity index (χ3v) is 6.22. The molecule has 14 nitrogen and oxygen atoms in total. The van der Waals surface area contributed by atoms with Crippen LogP contribution in [0.3, 0.4) is 0 Å². The van der Waals surface area contributed by atoms with Gasteiger partial charge in [0, 0.05) is 19.5 Å². The number of aromatic amines is 1. The maximum atomic E-state index is 11.8. The standard InChI is InChI=1S/C21H33N7O7S/c22-11(5-6-13(30)31)18(34)23-7-3-1-2-4-8-24-21-26-17-14(19(36)27-21)25-10-28(17)20-16(33)15(32)12(9-29)35-20/h10-12,15-16,20,29,32-33H,1-9,22H2,(H,23,34)(H,30,31)(H2,24,26,27,36)/t11?,12-,15?,16?,20-/m1/s1. The molecule has 0 bridgehead atoms. The summed E-state index contributed by atoms with van der Waals surface area (Å²) in [7, 11) is 0. The Morgan fingerprint density at radius 3 is 2.61 bits per heavy atom. The minimum Gasteiger partial charge on any atom is -0.481 e. The topological polar surface area (TPSA) is 221 Å². The first kappa shape index (κ1) is 27.9. The van der Waals surface area contributed by atoms with E-state index < -0.39 is 43.2 Å². The largest absolute Gasteiger partial charge is 0.481 e. The predicted octanol–water partition coefficient (Wildman–Crippen LogP) is -0.619. The number of aromatic nitrogens is 4. The summed E-state index contributed by atoms with van der Waals surface area (Å²) in [4.78, 5) is 34.0. The van der Waals surface area contributed by atoms with E-state index in [1.165, 1.54) is 10.9 Å². The van der Waals surface area contributed by atoms with Crippen LogP contribution >= 0.6 is 12.2 Å². The number of aliphatic hydroxyl groups excluding tert-OH is 3. The van der Waals surface area contributed by atoms with Crippen molar-refractivity contribution >= 4 is 41.2 Å². The predicted molar refractivity (Wildman–Crippen MR) is 131 cm³/mol. The number of carboxylic acids is 1. The van der Waals surface area contributed by atoms with Crippen LogP contribution < -0.4 is 16.4 Å². The Bertz CT molecular complexity index is 1090. The number of rotatable bonds is 14. The van der Waals surface area contributed by atoms with Crippen LogP contribution in [0.2, 0.25) is 0 Å². The highest BCUT2D eigenvalue weighted by atomic mass is 32.1. The highest BCUT2D eigenvalue weighted by Crippen LogP contribution is 2.31. The number of fused-ring (bicyclic) bond motifs is 1. The van der Waals surface area contributed by atoms with Gasteiger partial charge in [-0.15, -0.1) is 0 Å². The molecule has 0 aliphatic carbocycles. The number of hydrogen-bond donors (Lipinski definition) is 8. The van der Waals surface area contributed by atoms with E-state index in [2.05, 4.69) is 25.6 Å². The van der Waals surface area contributed by atoms with Gasteiger partial charge in [-0.05, 0) is 19.3 Å². The first-order valence-corrected chi connectivity index (χ1v) is 12.2. The van der Waals surface area contributed by atoms with Gasteiger partial charge in [0.15, 0.2) is 10.9 Å². The van der Waals surface area contributed by atoms with Crippen LogP contribution in [-0.4, -0.2) is 95.9 Å². The SMILES string of the molecule is NC(CCC(=O)O)C(=O)NCCCCCCNc1nc(=S)c2ncn([C@@H]3O[C@H](CO)C(O)C3O)c2[nH]1. The van der Waals surface area contributed by atoms with E-state index in [-0.39, 0.29) is 23.4 Å². The number of carbonyl (C=O) groups is 2. The summed E-state index contributed by atoms with van der Waals surface area (Å²) in [5.74, 6) is -0.902. The van der Waals surface area contributed by atoms with Gasteiger partial charge in [0.1, 0.15) is 29.5 Å². The Labute approximate surface area is 211 Å². The van der Waals surface area contributed by atoms with Gasteiger partial charge >= 0.3 is 5.97 Å². The van der Waals surface area contributed by atoms with Crippen molar-refractivity contribution in [1.82, 2.24) is 24.8 Å². The average Bonchev–Trinajstić information content (AvgIpc) is 3.39. The number of H-pyrrole nitrogens is 1. The number of nitrogens with zero attached hydrogens (tertiary/aromatic N) is 3. The number of anilines is 1.